The van der Waals surface area contributed by atoms with Gasteiger partial charge in [0.15, 0.2) is 5.76 Å². The lowest BCUT2D eigenvalue weighted by Crippen LogP contribution is -2.46. The van der Waals surface area contributed by atoms with Crippen LogP contribution in [0, 0.1) is 0 Å². The average Bonchev–Trinajstić information content (AvgIpc) is 3.36. The molecule has 0 aliphatic carbocycles. The number of benzene rings is 1. The second-order valence-electron chi connectivity index (χ2n) is 7.12. The van der Waals surface area contributed by atoms with E-state index in [2.05, 4.69) is 15.4 Å². The van der Waals surface area contributed by atoms with Gasteiger partial charge in [0.05, 0.1) is 12.3 Å². The van der Waals surface area contributed by atoms with Crippen LogP contribution in [0.1, 0.15) is 36.0 Å². The summed E-state index contributed by atoms with van der Waals surface area (Å²) >= 11 is 0. The zero-order valence-corrected chi connectivity index (χ0v) is 14.9. The van der Waals surface area contributed by atoms with Crippen LogP contribution in [0.4, 0.5) is 0 Å². The van der Waals surface area contributed by atoms with Crippen molar-refractivity contribution in [3.63, 3.8) is 0 Å². The molecule has 1 aromatic carbocycles. The van der Waals surface area contributed by atoms with Crippen LogP contribution in [-0.4, -0.2) is 54.4 Å². The minimum absolute atomic E-state index is 0.109. The Morgan fingerprint density at radius 2 is 2.00 bits per heavy atom. The molecule has 3 heterocycles. The molecule has 2 aliphatic heterocycles. The van der Waals surface area contributed by atoms with Crippen molar-refractivity contribution in [2.24, 2.45) is 0 Å². The monoisotopic (exact) mass is 355 g/mol. The van der Waals surface area contributed by atoms with Gasteiger partial charge in [0, 0.05) is 37.8 Å². The SMILES string of the molecule is O=C(NC1CCN(C[C@H]2CCCO2)CC1)c1cnoc1-c1ccccc1. The summed E-state index contributed by atoms with van der Waals surface area (Å²) < 4.78 is 11.0. The summed E-state index contributed by atoms with van der Waals surface area (Å²) in [6.07, 6.45) is 6.18. The second kappa shape index (κ2) is 8.01. The maximum Gasteiger partial charge on any atom is 0.257 e. The Morgan fingerprint density at radius 1 is 1.19 bits per heavy atom. The molecule has 6 heteroatoms. The van der Waals surface area contributed by atoms with Crippen molar-refractivity contribution in [2.75, 3.05) is 26.2 Å². The number of piperidine rings is 1. The van der Waals surface area contributed by atoms with Crippen LogP contribution >= 0.6 is 0 Å². The molecule has 1 atom stereocenters. The quantitative estimate of drug-likeness (QED) is 0.893. The Hall–Kier alpha value is -2.18. The number of ether oxygens (including phenoxy) is 1. The van der Waals surface area contributed by atoms with Crippen LogP contribution < -0.4 is 5.32 Å². The Balaban J connectivity index is 1.31. The third-order valence-corrected chi connectivity index (χ3v) is 5.26. The Morgan fingerprint density at radius 3 is 2.73 bits per heavy atom. The molecule has 0 radical (unpaired) electrons. The first-order valence-corrected chi connectivity index (χ1v) is 9.44. The van der Waals surface area contributed by atoms with E-state index in [1.54, 1.807) is 0 Å². The largest absolute Gasteiger partial charge is 0.377 e. The number of nitrogens with zero attached hydrogens (tertiary/aromatic N) is 2. The smallest absolute Gasteiger partial charge is 0.257 e. The number of hydrogen-bond acceptors (Lipinski definition) is 5. The van der Waals surface area contributed by atoms with E-state index in [1.807, 2.05) is 30.3 Å². The van der Waals surface area contributed by atoms with Gasteiger partial charge in [-0.05, 0) is 25.7 Å². The molecule has 0 unspecified atom stereocenters. The fourth-order valence-electron chi connectivity index (χ4n) is 3.80. The molecular formula is C20H25N3O3. The lowest BCUT2D eigenvalue weighted by Gasteiger charge is -2.33. The predicted molar refractivity (Wildman–Crippen MR) is 97.8 cm³/mol. The van der Waals surface area contributed by atoms with Crippen molar-refractivity contribution in [3.8, 4) is 11.3 Å². The summed E-state index contributed by atoms with van der Waals surface area (Å²) in [5, 5.41) is 6.97. The van der Waals surface area contributed by atoms with E-state index < -0.39 is 0 Å². The van der Waals surface area contributed by atoms with Gasteiger partial charge < -0.3 is 19.5 Å². The van der Waals surface area contributed by atoms with Crippen LogP contribution in [0.3, 0.4) is 0 Å². The van der Waals surface area contributed by atoms with E-state index >= 15 is 0 Å². The lowest BCUT2D eigenvalue weighted by atomic mass is 10.0. The van der Waals surface area contributed by atoms with E-state index in [1.165, 1.54) is 19.0 Å². The molecule has 0 bridgehead atoms. The van der Waals surface area contributed by atoms with Gasteiger partial charge >= 0.3 is 0 Å². The molecule has 4 rings (SSSR count). The van der Waals surface area contributed by atoms with Crippen LogP contribution in [0.15, 0.2) is 41.1 Å². The first-order chi connectivity index (χ1) is 12.8. The molecule has 6 nitrogen and oxygen atoms in total. The highest BCUT2D eigenvalue weighted by Gasteiger charge is 2.26. The number of rotatable bonds is 5. The summed E-state index contributed by atoms with van der Waals surface area (Å²) in [5.41, 5.74) is 1.36. The van der Waals surface area contributed by atoms with Crippen LogP contribution in [-0.2, 0) is 4.74 Å². The van der Waals surface area contributed by atoms with Crippen LogP contribution in [0.5, 0.6) is 0 Å². The van der Waals surface area contributed by atoms with E-state index in [0.717, 1.165) is 44.6 Å². The van der Waals surface area contributed by atoms with Crippen LogP contribution in [0.25, 0.3) is 11.3 Å². The highest BCUT2D eigenvalue weighted by Crippen LogP contribution is 2.24. The molecule has 2 aromatic rings. The van der Waals surface area contributed by atoms with Gasteiger partial charge in [-0.1, -0.05) is 35.5 Å². The normalized spacial score (nSPS) is 21.8. The molecule has 2 fully saturated rings. The number of carbonyl (C=O) groups excluding carboxylic acids is 1. The van der Waals surface area contributed by atoms with Crippen molar-refractivity contribution < 1.29 is 14.1 Å². The lowest BCUT2D eigenvalue weighted by molar-refractivity contribution is 0.0613. The summed E-state index contributed by atoms with van der Waals surface area (Å²) in [5.74, 6) is 0.418. The minimum Gasteiger partial charge on any atom is -0.377 e. The topological polar surface area (TPSA) is 67.6 Å². The molecule has 1 aromatic heterocycles. The van der Waals surface area contributed by atoms with Gasteiger partial charge in [0.1, 0.15) is 5.56 Å². The van der Waals surface area contributed by atoms with E-state index in [4.69, 9.17) is 9.26 Å². The number of amides is 1. The zero-order valence-electron chi connectivity index (χ0n) is 14.9. The summed E-state index contributed by atoms with van der Waals surface area (Å²) in [7, 11) is 0. The van der Waals surface area contributed by atoms with Crippen molar-refractivity contribution >= 4 is 5.91 Å². The van der Waals surface area contributed by atoms with Gasteiger partial charge in [-0.3, -0.25) is 4.79 Å². The standard InChI is InChI=1S/C20H25N3O3/c24-20(18-13-21-26-19(18)15-5-2-1-3-6-15)22-16-8-10-23(11-9-16)14-17-7-4-12-25-17/h1-3,5-6,13,16-17H,4,7-12,14H2,(H,22,24)/t17-/m1/s1. The number of nitrogens with one attached hydrogen (secondary N) is 1. The fourth-order valence-corrected chi connectivity index (χ4v) is 3.80. The van der Waals surface area contributed by atoms with Gasteiger partial charge in [0.2, 0.25) is 0 Å². The fraction of sp³-hybridized carbons (Fsp3) is 0.500. The number of aromatic nitrogens is 1. The molecule has 0 saturated carbocycles. The molecule has 138 valence electrons. The van der Waals surface area contributed by atoms with E-state index in [9.17, 15) is 4.79 Å². The van der Waals surface area contributed by atoms with Gasteiger partial charge in [0.25, 0.3) is 5.91 Å². The molecule has 0 spiro atoms. The second-order valence-corrected chi connectivity index (χ2v) is 7.12. The maximum atomic E-state index is 12.7. The number of hydrogen-bond donors (Lipinski definition) is 1. The first-order valence-electron chi connectivity index (χ1n) is 9.44. The minimum atomic E-state index is -0.109. The molecule has 2 saturated heterocycles. The molecule has 2 aliphatic rings. The number of likely N-dealkylation sites (tertiary alicyclic amines) is 1. The predicted octanol–water partition coefficient (Wildman–Crippen LogP) is 2.71. The highest BCUT2D eigenvalue weighted by atomic mass is 16.5. The molecule has 26 heavy (non-hydrogen) atoms. The van der Waals surface area contributed by atoms with Crippen LogP contribution in [0.2, 0.25) is 0 Å². The van der Waals surface area contributed by atoms with Crippen molar-refractivity contribution in [1.82, 2.24) is 15.4 Å². The van der Waals surface area contributed by atoms with Gasteiger partial charge in [-0.2, -0.15) is 0 Å². The van der Waals surface area contributed by atoms with Crippen molar-refractivity contribution in [1.29, 1.82) is 0 Å². The molecular weight excluding hydrogens is 330 g/mol. The third kappa shape index (κ3) is 3.97. The van der Waals surface area contributed by atoms with Crippen molar-refractivity contribution in [3.05, 3.63) is 42.1 Å². The summed E-state index contributed by atoms with van der Waals surface area (Å²) in [6.45, 7) is 3.92. The molecule has 1 amide bonds. The van der Waals surface area contributed by atoms with Gasteiger partial charge in [-0.15, -0.1) is 0 Å². The van der Waals surface area contributed by atoms with E-state index in [-0.39, 0.29) is 11.9 Å². The maximum absolute atomic E-state index is 12.7. The number of carbonyl (C=O) groups is 1. The molecule has 1 N–H and O–H groups in total. The Bertz CT molecular complexity index is 717. The third-order valence-electron chi connectivity index (χ3n) is 5.26. The highest BCUT2D eigenvalue weighted by molar-refractivity contribution is 5.99. The van der Waals surface area contributed by atoms with Gasteiger partial charge in [-0.25, -0.2) is 0 Å². The average molecular weight is 355 g/mol. The summed E-state index contributed by atoms with van der Waals surface area (Å²) in [4.78, 5) is 15.1. The zero-order chi connectivity index (χ0) is 17.8. The Kier molecular flexibility index (Phi) is 5.32. The first kappa shape index (κ1) is 17.2. The van der Waals surface area contributed by atoms with Crippen molar-refractivity contribution in [2.45, 2.75) is 37.8 Å². The van der Waals surface area contributed by atoms with E-state index in [0.29, 0.717) is 17.4 Å². The Labute approximate surface area is 153 Å². The summed E-state index contributed by atoms with van der Waals surface area (Å²) in [6, 6.07) is 9.81.